The minimum atomic E-state index is -0.737. The first-order valence-corrected chi connectivity index (χ1v) is 5.91. The van der Waals surface area contributed by atoms with E-state index in [-0.39, 0.29) is 5.82 Å². The molecule has 0 radical (unpaired) electrons. The monoisotopic (exact) mass is 289 g/mol. The highest BCUT2D eigenvalue weighted by Gasteiger charge is 2.15. The highest BCUT2D eigenvalue weighted by Crippen LogP contribution is 2.16. The second kappa shape index (κ2) is 5.25. The molecule has 1 aromatic rings. The van der Waals surface area contributed by atoms with E-state index in [9.17, 15) is 9.50 Å². The van der Waals surface area contributed by atoms with Gasteiger partial charge in [0.2, 0.25) is 0 Å². The molecule has 0 saturated carbocycles. The molecular weight excluding hydrogens is 273 g/mol. The lowest BCUT2D eigenvalue weighted by Crippen LogP contribution is -2.35. The Morgan fingerprint density at radius 3 is 2.50 bits per heavy atom. The largest absolute Gasteiger partial charge is 0.389 e. The third kappa shape index (κ3) is 5.05. The zero-order valence-electron chi connectivity index (χ0n) is 9.80. The fourth-order valence-electron chi connectivity index (χ4n) is 1.73. The molecule has 0 heterocycles. The Labute approximate surface area is 104 Å². The van der Waals surface area contributed by atoms with Crippen molar-refractivity contribution in [3.05, 3.63) is 34.1 Å². The highest BCUT2D eigenvalue weighted by atomic mass is 79.9. The zero-order valence-corrected chi connectivity index (χ0v) is 11.4. The summed E-state index contributed by atoms with van der Waals surface area (Å²) in [5.41, 5.74) is 0.151. The number of hydrogen-bond acceptors (Lipinski definition) is 2. The van der Waals surface area contributed by atoms with Gasteiger partial charge in [-0.1, -0.05) is 15.9 Å². The van der Waals surface area contributed by atoms with Crippen molar-refractivity contribution in [2.45, 2.75) is 26.0 Å². The zero-order chi connectivity index (χ0) is 12.3. The van der Waals surface area contributed by atoms with Gasteiger partial charge in [0, 0.05) is 17.6 Å². The Morgan fingerprint density at radius 2 is 2.00 bits per heavy atom. The molecule has 0 aliphatic carbocycles. The normalized spacial score (nSPS) is 12.2. The van der Waals surface area contributed by atoms with Gasteiger partial charge in [0.15, 0.2) is 0 Å². The molecule has 0 saturated heterocycles. The first-order chi connectivity index (χ1) is 7.26. The molecular formula is C12H17BrFNO. The molecule has 90 valence electrons. The average Bonchev–Trinajstić information content (AvgIpc) is 1.96. The van der Waals surface area contributed by atoms with Gasteiger partial charge in [-0.2, -0.15) is 0 Å². The van der Waals surface area contributed by atoms with E-state index in [2.05, 4.69) is 15.9 Å². The van der Waals surface area contributed by atoms with Crippen LogP contribution in [0.15, 0.2) is 22.7 Å². The second-order valence-electron chi connectivity index (χ2n) is 4.76. The number of hydrogen-bond donors (Lipinski definition) is 1. The second-order valence-corrected chi connectivity index (χ2v) is 5.68. The summed E-state index contributed by atoms with van der Waals surface area (Å²) < 4.78 is 13.9. The van der Waals surface area contributed by atoms with E-state index >= 15 is 0 Å². The first kappa shape index (κ1) is 13.6. The van der Waals surface area contributed by atoms with Gasteiger partial charge >= 0.3 is 0 Å². The molecule has 0 atom stereocenters. The molecule has 1 aromatic carbocycles. The molecule has 0 unspecified atom stereocenters. The minimum absolute atomic E-state index is 0.249. The molecule has 0 spiro atoms. The molecule has 2 nitrogen and oxygen atoms in total. The van der Waals surface area contributed by atoms with Crippen LogP contribution in [0.4, 0.5) is 4.39 Å². The summed E-state index contributed by atoms with van der Waals surface area (Å²) >= 11 is 3.26. The Kier molecular flexibility index (Phi) is 4.47. The van der Waals surface area contributed by atoms with Crippen LogP contribution in [0.25, 0.3) is 0 Å². The van der Waals surface area contributed by atoms with Gasteiger partial charge in [-0.3, -0.25) is 4.90 Å². The van der Waals surface area contributed by atoms with Crippen molar-refractivity contribution < 1.29 is 9.50 Å². The summed E-state index contributed by atoms with van der Waals surface area (Å²) in [6.07, 6.45) is 0. The number of benzene rings is 1. The van der Waals surface area contributed by atoms with Crippen LogP contribution in [0.2, 0.25) is 0 Å². The lowest BCUT2D eigenvalue weighted by atomic mass is 10.1. The van der Waals surface area contributed by atoms with Gasteiger partial charge in [0.25, 0.3) is 0 Å². The van der Waals surface area contributed by atoms with Gasteiger partial charge in [0.05, 0.1) is 5.60 Å². The van der Waals surface area contributed by atoms with Gasteiger partial charge in [-0.05, 0) is 44.7 Å². The van der Waals surface area contributed by atoms with E-state index in [4.69, 9.17) is 0 Å². The Morgan fingerprint density at radius 1 is 1.38 bits per heavy atom. The van der Waals surface area contributed by atoms with E-state index in [0.717, 1.165) is 10.0 Å². The van der Waals surface area contributed by atoms with Crippen molar-refractivity contribution in [1.29, 1.82) is 0 Å². The van der Waals surface area contributed by atoms with Gasteiger partial charge in [-0.15, -0.1) is 0 Å². The van der Waals surface area contributed by atoms with E-state index in [1.807, 2.05) is 18.0 Å². The van der Waals surface area contributed by atoms with Crippen molar-refractivity contribution >= 4 is 15.9 Å². The predicted molar refractivity (Wildman–Crippen MR) is 66.7 cm³/mol. The third-order valence-electron chi connectivity index (χ3n) is 2.03. The van der Waals surface area contributed by atoms with Crippen molar-refractivity contribution in [2.75, 3.05) is 13.6 Å². The topological polar surface area (TPSA) is 23.5 Å². The quantitative estimate of drug-likeness (QED) is 0.921. The van der Waals surface area contributed by atoms with Gasteiger partial charge in [0.1, 0.15) is 5.82 Å². The Bertz CT molecular complexity index is 342. The predicted octanol–water partition coefficient (Wildman–Crippen LogP) is 2.79. The standard InChI is InChI=1S/C12H17BrFNO/c1-12(2,16)8-15(3)7-9-4-10(13)6-11(14)5-9/h4-6,16H,7-8H2,1-3H3. The van der Waals surface area contributed by atoms with Crippen LogP contribution in [-0.2, 0) is 6.54 Å². The van der Waals surface area contributed by atoms with Crippen molar-refractivity contribution in [1.82, 2.24) is 4.90 Å². The van der Waals surface area contributed by atoms with E-state index in [1.165, 1.54) is 12.1 Å². The van der Waals surface area contributed by atoms with Gasteiger partial charge < -0.3 is 5.11 Å². The van der Waals surface area contributed by atoms with Crippen LogP contribution in [0.5, 0.6) is 0 Å². The lowest BCUT2D eigenvalue weighted by molar-refractivity contribution is 0.0424. The molecule has 1 rings (SSSR count). The summed E-state index contributed by atoms with van der Waals surface area (Å²) in [4.78, 5) is 1.96. The van der Waals surface area contributed by atoms with E-state index < -0.39 is 5.60 Å². The van der Waals surface area contributed by atoms with Crippen molar-refractivity contribution in [2.24, 2.45) is 0 Å². The minimum Gasteiger partial charge on any atom is -0.389 e. The van der Waals surface area contributed by atoms with Crippen LogP contribution >= 0.6 is 15.9 Å². The maximum atomic E-state index is 13.1. The van der Waals surface area contributed by atoms with Crippen LogP contribution in [-0.4, -0.2) is 29.2 Å². The molecule has 4 heteroatoms. The maximum absolute atomic E-state index is 13.1. The SMILES string of the molecule is CN(Cc1cc(F)cc(Br)c1)CC(C)(C)O. The summed E-state index contributed by atoms with van der Waals surface area (Å²) in [5.74, 6) is -0.249. The lowest BCUT2D eigenvalue weighted by Gasteiger charge is -2.25. The number of rotatable bonds is 4. The first-order valence-electron chi connectivity index (χ1n) is 5.12. The maximum Gasteiger partial charge on any atom is 0.124 e. The van der Waals surface area contributed by atoms with Crippen LogP contribution in [0.1, 0.15) is 19.4 Å². The molecule has 0 aliphatic heterocycles. The average molecular weight is 290 g/mol. The molecule has 16 heavy (non-hydrogen) atoms. The molecule has 0 amide bonds. The molecule has 0 fully saturated rings. The summed E-state index contributed by atoms with van der Waals surface area (Å²) in [7, 11) is 1.90. The third-order valence-corrected chi connectivity index (χ3v) is 2.49. The summed E-state index contributed by atoms with van der Waals surface area (Å²) in [6.45, 7) is 4.66. The molecule has 1 N–H and O–H groups in total. The highest BCUT2D eigenvalue weighted by molar-refractivity contribution is 9.10. The smallest absolute Gasteiger partial charge is 0.124 e. The van der Waals surface area contributed by atoms with Crippen molar-refractivity contribution in [3.63, 3.8) is 0 Å². The fourth-order valence-corrected chi connectivity index (χ4v) is 2.24. The van der Waals surface area contributed by atoms with E-state index in [1.54, 1.807) is 13.8 Å². The van der Waals surface area contributed by atoms with Crippen LogP contribution < -0.4 is 0 Å². The number of aliphatic hydroxyl groups is 1. The number of likely N-dealkylation sites (N-methyl/N-ethyl adjacent to an activating group) is 1. The molecule has 0 aromatic heterocycles. The summed E-state index contributed by atoms with van der Waals surface area (Å²) in [5, 5.41) is 9.65. The fraction of sp³-hybridized carbons (Fsp3) is 0.500. The molecule has 0 aliphatic rings. The Hall–Kier alpha value is -0.450. The van der Waals surface area contributed by atoms with Crippen LogP contribution in [0.3, 0.4) is 0 Å². The number of nitrogens with zero attached hydrogens (tertiary/aromatic N) is 1. The Balaban J connectivity index is 2.66. The number of halogens is 2. The molecule has 0 bridgehead atoms. The summed E-state index contributed by atoms with van der Waals surface area (Å²) in [6, 6.07) is 4.81. The van der Waals surface area contributed by atoms with Gasteiger partial charge in [-0.25, -0.2) is 4.39 Å². The van der Waals surface area contributed by atoms with Crippen molar-refractivity contribution in [3.8, 4) is 0 Å². The van der Waals surface area contributed by atoms with E-state index in [0.29, 0.717) is 13.1 Å². The van der Waals surface area contributed by atoms with Crippen LogP contribution in [0, 0.1) is 5.82 Å².